The molecule has 0 spiro atoms. The highest BCUT2D eigenvalue weighted by atomic mass is 16.6. The van der Waals surface area contributed by atoms with Crippen molar-refractivity contribution in [1.29, 1.82) is 0 Å². The van der Waals surface area contributed by atoms with Crippen LogP contribution in [-0.2, 0) is 70.0 Å². The molecule has 16 rings (SSSR count). The molecule has 10 aromatic carbocycles. The van der Waals surface area contributed by atoms with Crippen molar-refractivity contribution in [2.45, 2.75) is 191 Å². The zero-order valence-corrected chi connectivity index (χ0v) is 79.1. The van der Waals surface area contributed by atoms with Crippen LogP contribution in [0.25, 0.3) is 65.3 Å². The molecule has 10 atom stereocenters. The minimum Gasteiger partial charge on any atom is -0.491 e. The number of alkyl carbamates (subject to hydrolysis) is 1. The van der Waals surface area contributed by atoms with Crippen molar-refractivity contribution >= 4 is 84.7 Å². The molecule has 4 fully saturated rings. The van der Waals surface area contributed by atoms with Crippen molar-refractivity contribution in [3.05, 3.63) is 193 Å². The second-order valence-electron chi connectivity index (χ2n) is 37.5. The highest BCUT2D eigenvalue weighted by molar-refractivity contribution is 6.11. The van der Waals surface area contributed by atoms with Gasteiger partial charge in [0.05, 0.1) is 83.6 Å². The predicted molar refractivity (Wildman–Crippen MR) is 523 cm³/mol. The monoisotopic (exact) mass is 1870 g/mol. The maximum atomic E-state index is 15.3. The number of amides is 6. The number of ether oxygens (including phenoxy) is 14. The molecule has 2 heterocycles. The fourth-order valence-corrected chi connectivity index (χ4v) is 20.3. The molecule has 0 bridgehead atoms. The third kappa shape index (κ3) is 26.1. The Morgan fingerprint density at radius 1 is 0.314 bits per heavy atom. The van der Waals surface area contributed by atoms with Gasteiger partial charge < -0.3 is 98.2 Å². The van der Waals surface area contributed by atoms with Crippen molar-refractivity contribution in [3.8, 4) is 68.2 Å². The van der Waals surface area contributed by atoms with Crippen LogP contribution < -0.4 is 69.8 Å². The number of fused-ring (bicyclic) bond motifs is 16. The molecule has 0 aromatic heterocycles. The lowest BCUT2D eigenvalue weighted by Crippen LogP contribution is -2.55. The summed E-state index contributed by atoms with van der Waals surface area (Å²) in [6.45, 7) is 8.89. The molecule has 726 valence electrons. The van der Waals surface area contributed by atoms with E-state index in [1.54, 1.807) is 20.8 Å². The molecule has 6 N–H and O–H groups in total. The van der Waals surface area contributed by atoms with Crippen LogP contribution in [-0.4, -0.2) is 196 Å². The number of rotatable bonds is 18. The van der Waals surface area contributed by atoms with E-state index in [-0.39, 0.29) is 167 Å². The molecular formula is C110H130N6O21. The van der Waals surface area contributed by atoms with Gasteiger partial charge in [0.25, 0.3) is 0 Å². The Kier molecular flexibility index (Phi) is 34.2. The lowest BCUT2D eigenvalue weighted by Gasteiger charge is -2.36. The zero-order chi connectivity index (χ0) is 94.8. The predicted octanol–water partition coefficient (Wildman–Crippen LogP) is 17.0. The first kappa shape index (κ1) is 97.6. The Hall–Kier alpha value is -12.4. The minimum atomic E-state index is -0.799. The van der Waals surface area contributed by atoms with Crippen LogP contribution in [0.15, 0.2) is 182 Å². The van der Waals surface area contributed by atoms with Gasteiger partial charge in [0, 0.05) is 71.3 Å². The summed E-state index contributed by atoms with van der Waals surface area (Å²) in [5, 5.41) is 27.6. The van der Waals surface area contributed by atoms with Gasteiger partial charge in [-0.15, -0.1) is 0 Å². The summed E-state index contributed by atoms with van der Waals surface area (Å²) in [4.78, 5) is 102. The number of esters is 1. The van der Waals surface area contributed by atoms with E-state index >= 15 is 14.4 Å². The van der Waals surface area contributed by atoms with E-state index in [4.69, 9.17) is 66.3 Å². The maximum Gasteiger partial charge on any atom is 0.407 e. The third-order valence-electron chi connectivity index (χ3n) is 26.8. The van der Waals surface area contributed by atoms with Crippen LogP contribution in [0.2, 0.25) is 0 Å². The fraction of sp³-hybridized carbons (Fsp3) is 0.464. The topological polar surface area (TPSA) is 321 Å². The lowest BCUT2D eigenvalue weighted by molar-refractivity contribution is -0.148. The number of hydrogen-bond donors (Lipinski definition) is 6. The van der Waals surface area contributed by atoms with E-state index < -0.39 is 71.6 Å². The van der Waals surface area contributed by atoms with Gasteiger partial charge in [0.2, 0.25) is 29.5 Å². The summed E-state index contributed by atoms with van der Waals surface area (Å²) in [5.41, 5.74) is 4.35. The molecule has 27 heteroatoms. The molecular weight excluding hydrogens is 1740 g/mol. The molecule has 2 aliphatic heterocycles. The van der Waals surface area contributed by atoms with E-state index in [1.807, 2.05) is 109 Å². The number of carbonyl (C=O) groups is 7. The first-order valence-corrected chi connectivity index (χ1v) is 49.2. The van der Waals surface area contributed by atoms with Crippen molar-refractivity contribution < 1.29 is 99.9 Å². The van der Waals surface area contributed by atoms with Gasteiger partial charge in [0.1, 0.15) is 81.5 Å². The fourth-order valence-electron chi connectivity index (χ4n) is 20.3. The zero-order valence-electron chi connectivity index (χ0n) is 79.1. The highest BCUT2D eigenvalue weighted by Gasteiger charge is 2.41. The molecule has 137 heavy (non-hydrogen) atoms. The molecule has 6 amide bonds. The Morgan fingerprint density at radius 2 is 0.599 bits per heavy atom. The second-order valence-corrected chi connectivity index (χ2v) is 37.5. The average Bonchev–Trinajstić information content (AvgIpc) is 0.754. The summed E-state index contributed by atoms with van der Waals surface area (Å²) in [6, 6.07) is 56.5. The number of nitrogens with one attached hydrogen (secondary N) is 6. The third-order valence-corrected chi connectivity index (χ3v) is 26.8. The Balaban J connectivity index is 0.593. The number of benzene rings is 10. The van der Waals surface area contributed by atoms with E-state index in [2.05, 4.69) is 105 Å². The Morgan fingerprint density at radius 3 is 0.942 bits per heavy atom. The summed E-state index contributed by atoms with van der Waals surface area (Å²) in [5.74, 6) is -0.0722. The van der Waals surface area contributed by atoms with Crippen LogP contribution in [0.4, 0.5) is 4.79 Å². The van der Waals surface area contributed by atoms with Crippen LogP contribution in [0, 0.1) is 23.7 Å². The molecule has 0 radical (unpaired) electrons. The standard InChI is InChI=1S/C110H130N6O21/c1-110(2,3)137-109(123)116-89-35-19-15-31-85(89)106(120)112-77(65-71-37-43-91-97(67-71)135-63-55-127-53-61-133-95-47-41-75-23-7-11-27-81(75)103(95)101-79-25-9-5-21-73(79)39-45-93(101)131-59-51-125-49-57-129-91)69-99(117)113-87-33-17-13-29-83(87)107(121)115-88-34-18-14-30-84(88)105(119)111-78(70-100(118)114-90-36-20-16-32-86(90)108(122)124-4)66-72-38-44-92-98(68-72)136-64-56-128-54-62-134-96-48-42-76-24-8-12-28-82(76)104(96)102-80-26-10-6-22-74(80)40-46-94(102)132-60-52-126-50-58-130-92/h5-12,21-28,37-48,67-68,77-78,83-90H,13-20,29-36,49-66,69-70H2,1-4H3,(H,111,119)(H,112,120)(H,113,117)(H,114,118)(H,115,121)(H,116,123)/t77-,78-,83-,84-,85-,86-,87-,88-,89-,90-/m0/s1. The first-order valence-electron chi connectivity index (χ1n) is 49.2. The van der Waals surface area contributed by atoms with Gasteiger partial charge in [-0.1, -0.05) is 185 Å². The summed E-state index contributed by atoms with van der Waals surface area (Å²) >= 11 is 0. The van der Waals surface area contributed by atoms with Gasteiger partial charge in [-0.25, -0.2) is 4.79 Å². The van der Waals surface area contributed by atoms with Gasteiger partial charge >= 0.3 is 12.1 Å². The summed E-state index contributed by atoms with van der Waals surface area (Å²) in [6.07, 6.45) is 9.68. The largest absolute Gasteiger partial charge is 0.491 e. The van der Waals surface area contributed by atoms with Gasteiger partial charge in [-0.2, -0.15) is 0 Å². The molecule has 27 nitrogen and oxygen atoms in total. The molecule has 6 aliphatic rings. The Labute approximate surface area is 801 Å². The highest BCUT2D eigenvalue weighted by Crippen LogP contribution is 2.49. The van der Waals surface area contributed by atoms with Crippen LogP contribution >= 0.6 is 0 Å². The van der Waals surface area contributed by atoms with Crippen molar-refractivity contribution in [2.75, 3.05) is 113 Å². The van der Waals surface area contributed by atoms with Crippen LogP contribution in [0.1, 0.15) is 147 Å². The number of methoxy groups -OCH3 is 1. The lowest BCUT2D eigenvalue weighted by atomic mass is 9.81. The summed E-state index contributed by atoms with van der Waals surface area (Å²) < 4.78 is 87.8. The first-order chi connectivity index (χ1) is 66.9. The number of carbonyl (C=O) groups excluding carboxylic acids is 7. The minimum absolute atomic E-state index is 0.138. The normalized spacial score (nSPS) is 21.3. The SMILES string of the molecule is COC(=O)[C@H]1CCCC[C@@H]1NC(=O)C[C@H](Cc1ccc2c(c1)OCCOCCOc1ccc3ccccc3c1-c1c(ccc3ccccc13)OCCOCCO2)NC(=O)[C@H]1CCCC[C@@H]1NC(=O)[C@H]1CCCC[C@@H]1NC(=O)C[C@H](Cc1ccc2c(c1)OCCOCCOc1ccc3ccccc3c1-c1c(ccc3ccccc13)OCCOCCO2)NC(=O)[C@H]1CCCC[C@@H]1NC(=O)OC(C)(C)C. The maximum absolute atomic E-state index is 15.3. The van der Waals surface area contributed by atoms with Crippen molar-refractivity contribution in [3.63, 3.8) is 0 Å². The van der Waals surface area contributed by atoms with E-state index in [0.717, 1.165) is 128 Å². The van der Waals surface area contributed by atoms with Crippen molar-refractivity contribution in [1.82, 2.24) is 31.9 Å². The van der Waals surface area contributed by atoms with Crippen LogP contribution in [0.3, 0.4) is 0 Å². The quantitative estimate of drug-likeness (QED) is 0.0435. The number of hydrogen-bond acceptors (Lipinski definition) is 21. The molecule has 0 saturated heterocycles. The second kappa shape index (κ2) is 48.0. The Bertz CT molecular complexity index is 5820. The van der Waals surface area contributed by atoms with E-state index in [0.29, 0.717) is 97.4 Å². The van der Waals surface area contributed by atoms with Gasteiger partial charge in [-0.05, 0) is 188 Å². The molecule has 4 saturated carbocycles. The molecule has 4 aliphatic carbocycles. The van der Waals surface area contributed by atoms with Crippen molar-refractivity contribution in [2.24, 2.45) is 23.7 Å². The van der Waals surface area contributed by atoms with Gasteiger partial charge in [0.15, 0.2) is 23.0 Å². The summed E-state index contributed by atoms with van der Waals surface area (Å²) in [7, 11) is 1.35. The van der Waals surface area contributed by atoms with Gasteiger partial charge in [-0.3, -0.25) is 28.8 Å². The van der Waals surface area contributed by atoms with Crippen LogP contribution in [0.5, 0.6) is 46.0 Å². The van der Waals surface area contributed by atoms with E-state index in [9.17, 15) is 19.2 Å². The smallest absolute Gasteiger partial charge is 0.407 e. The average molecular weight is 1870 g/mol. The molecule has 10 aromatic rings. The molecule has 0 unspecified atom stereocenters. The van der Waals surface area contributed by atoms with E-state index in [1.165, 1.54) is 7.11 Å².